The molecule has 0 aliphatic heterocycles. The van der Waals surface area contributed by atoms with Crippen molar-refractivity contribution in [2.24, 2.45) is 0 Å². The monoisotopic (exact) mass is 257 g/mol. The molecule has 0 saturated heterocycles. The maximum atomic E-state index is 10.7. The number of aryl methyl sites for hydroxylation is 3. The lowest BCUT2D eigenvalue weighted by molar-refractivity contribution is -0.136. The molecule has 1 heterocycles. The molecule has 1 aromatic carbocycles. The number of rotatable bonds is 3. The third-order valence-electron chi connectivity index (χ3n) is 2.74. The van der Waals surface area contributed by atoms with Crippen LogP contribution in [0.4, 0.5) is 0 Å². The molecule has 98 valence electrons. The van der Waals surface area contributed by atoms with Gasteiger partial charge < -0.3 is 5.11 Å². The highest BCUT2D eigenvalue weighted by Crippen LogP contribution is 2.21. The number of carbonyl (C=O) groups is 1. The van der Waals surface area contributed by atoms with Crippen LogP contribution in [0.25, 0.3) is 11.4 Å². The number of nitrogens with zero attached hydrogens (tertiary/aromatic N) is 3. The van der Waals surface area contributed by atoms with E-state index in [1.165, 1.54) is 0 Å². The molecule has 2 aromatic rings. The van der Waals surface area contributed by atoms with Crippen molar-refractivity contribution in [3.8, 4) is 11.4 Å². The molecular weight excluding hydrogens is 242 g/mol. The second-order valence-electron chi connectivity index (χ2n) is 4.51. The van der Waals surface area contributed by atoms with E-state index in [2.05, 4.69) is 15.0 Å². The molecule has 1 N–H and O–H groups in total. The Morgan fingerprint density at radius 2 is 1.89 bits per heavy atom. The third-order valence-corrected chi connectivity index (χ3v) is 2.74. The molecule has 2 rings (SSSR count). The predicted octanol–water partition coefficient (Wildman–Crippen LogP) is 2.09. The number of aliphatic carboxylic acids is 1. The molecule has 0 aliphatic rings. The van der Waals surface area contributed by atoms with Crippen molar-refractivity contribution in [1.29, 1.82) is 0 Å². The van der Waals surface area contributed by atoms with Crippen LogP contribution in [0.3, 0.4) is 0 Å². The predicted molar refractivity (Wildman–Crippen MR) is 70.8 cm³/mol. The summed E-state index contributed by atoms with van der Waals surface area (Å²) in [5, 5.41) is 8.82. The molecule has 1 aromatic heterocycles. The molecule has 5 heteroatoms. The van der Waals surface area contributed by atoms with E-state index in [0.29, 0.717) is 11.6 Å². The normalized spacial score (nSPS) is 10.5. The fourth-order valence-corrected chi connectivity index (χ4v) is 1.85. The van der Waals surface area contributed by atoms with Gasteiger partial charge in [0.05, 0.1) is 0 Å². The topological polar surface area (TPSA) is 76.0 Å². The van der Waals surface area contributed by atoms with Gasteiger partial charge in [-0.3, -0.25) is 4.79 Å². The second kappa shape index (κ2) is 5.14. The maximum Gasteiger partial charge on any atom is 0.311 e. The zero-order valence-electron chi connectivity index (χ0n) is 11.1. The number of hydrogen-bond acceptors (Lipinski definition) is 4. The van der Waals surface area contributed by atoms with Crippen LogP contribution >= 0.6 is 0 Å². The molecule has 0 radical (unpaired) electrons. The van der Waals surface area contributed by atoms with Gasteiger partial charge in [0.25, 0.3) is 0 Å². The first-order chi connectivity index (χ1) is 8.95. The number of carboxylic acid groups (broad SMARTS) is 1. The van der Waals surface area contributed by atoms with E-state index >= 15 is 0 Å². The maximum absolute atomic E-state index is 10.7. The Morgan fingerprint density at radius 1 is 1.16 bits per heavy atom. The minimum Gasteiger partial charge on any atom is -0.481 e. The number of aromatic nitrogens is 3. The molecule has 0 atom stereocenters. The summed E-state index contributed by atoms with van der Waals surface area (Å²) in [7, 11) is 0. The van der Waals surface area contributed by atoms with Crippen molar-refractivity contribution in [2.75, 3.05) is 0 Å². The molecule has 0 amide bonds. The van der Waals surface area contributed by atoms with Gasteiger partial charge in [0, 0.05) is 5.56 Å². The largest absolute Gasteiger partial charge is 0.481 e. The third kappa shape index (κ3) is 3.13. The Bertz CT molecular complexity index is 639. The Kier molecular flexibility index (Phi) is 3.55. The second-order valence-corrected chi connectivity index (χ2v) is 4.51. The average Bonchev–Trinajstić information content (AvgIpc) is 2.30. The number of hydrogen-bond donors (Lipinski definition) is 1. The van der Waals surface area contributed by atoms with Gasteiger partial charge in [-0.05, 0) is 32.4 Å². The van der Waals surface area contributed by atoms with Gasteiger partial charge in [-0.1, -0.05) is 17.7 Å². The van der Waals surface area contributed by atoms with E-state index in [1.807, 2.05) is 32.0 Å². The van der Waals surface area contributed by atoms with E-state index in [9.17, 15) is 4.79 Å². The summed E-state index contributed by atoms with van der Waals surface area (Å²) in [6, 6.07) is 6.01. The number of benzene rings is 1. The standard InChI is InChI=1S/C14H15N3O2/c1-8-4-5-9(2)11(6-8)14-16-10(3)15-12(17-14)7-13(18)19/h4-6H,7H2,1-3H3,(H,18,19). The van der Waals surface area contributed by atoms with Crippen molar-refractivity contribution in [2.45, 2.75) is 27.2 Å². The van der Waals surface area contributed by atoms with Crippen molar-refractivity contribution in [3.05, 3.63) is 41.0 Å². The van der Waals surface area contributed by atoms with Crippen LogP contribution < -0.4 is 0 Å². The van der Waals surface area contributed by atoms with Crippen LogP contribution in [0.2, 0.25) is 0 Å². The van der Waals surface area contributed by atoms with Crippen molar-refractivity contribution >= 4 is 5.97 Å². The Labute approximate surface area is 111 Å². The summed E-state index contributed by atoms with van der Waals surface area (Å²) in [6.45, 7) is 5.71. The lowest BCUT2D eigenvalue weighted by Gasteiger charge is -2.07. The van der Waals surface area contributed by atoms with Crippen LogP contribution in [0, 0.1) is 20.8 Å². The minimum absolute atomic E-state index is 0.193. The first kappa shape index (κ1) is 13.1. The van der Waals surface area contributed by atoms with E-state index in [0.717, 1.165) is 16.7 Å². The van der Waals surface area contributed by atoms with Crippen molar-refractivity contribution in [1.82, 2.24) is 15.0 Å². The van der Waals surface area contributed by atoms with E-state index in [1.54, 1.807) is 6.92 Å². The SMILES string of the molecule is Cc1ccc(C)c(-c2nc(C)nc(CC(=O)O)n2)c1. The van der Waals surface area contributed by atoms with Crippen LogP contribution in [0.1, 0.15) is 22.8 Å². The lowest BCUT2D eigenvalue weighted by atomic mass is 10.1. The van der Waals surface area contributed by atoms with E-state index < -0.39 is 5.97 Å². The molecule has 0 unspecified atom stereocenters. The molecule has 19 heavy (non-hydrogen) atoms. The van der Waals surface area contributed by atoms with E-state index in [-0.39, 0.29) is 12.2 Å². The van der Waals surface area contributed by atoms with Crippen LogP contribution in [-0.4, -0.2) is 26.0 Å². The van der Waals surface area contributed by atoms with Crippen molar-refractivity contribution < 1.29 is 9.90 Å². The molecule has 0 saturated carbocycles. The molecule has 0 bridgehead atoms. The summed E-state index contributed by atoms with van der Waals surface area (Å²) in [6.07, 6.45) is -0.193. The quantitative estimate of drug-likeness (QED) is 0.911. The van der Waals surface area contributed by atoms with Gasteiger partial charge in [0.15, 0.2) is 5.82 Å². The Morgan fingerprint density at radius 3 is 2.58 bits per heavy atom. The summed E-state index contributed by atoms with van der Waals surface area (Å²) in [5.41, 5.74) is 3.08. The van der Waals surface area contributed by atoms with Gasteiger partial charge in [0.1, 0.15) is 18.1 Å². The molecular formula is C14H15N3O2. The van der Waals surface area contributed by atoms with Gasteiger partial charge in [-0.15, -0.1) is 0 Å². The van der Waals surface area contributed by atoms with Gasteiger partial charge in [0.2, 0.25) is 0 Å². The van der Waals surface area contributed by atoms with Crippen molar-refractivity contribution in [3.63, 3.8) is 0 Å². The van der Waals surface area contributed by atoms with Gasteiger partial charge in [-0.2, -0.15) is 0 Å². The Hall–Kier alpha value is -2.30. The summed E-state index contributed by atoms with van der Waals surface area (Å²) in [5.74, 6) is 0.403. The molecule has 5 nitrogen and oxygen atoms in total. The zero-order chi connectivity index (χ0) is 14.0. The summed E-state index contributed by atoms with van der Waals surface area (Å²) in [4.78, 5) is 23.3. The highest BCUT2D eigenvalue weighted by atomic mass is 16.4. The Balaban J connectivity index is 2.52. The zero-order valence-corrected chi connectivity index (χ0v) is 11.1. The minimum atomic E-state index is -0.947. The fraction of sp³-hybridized carbons (Fsp3) is 0.286. The van der Waals surface area contributed by atoms with E-state index in [4.69, 9.17) is 5.11 Å². The highest BCUT2D eigenvalue weighted by Gasteiger charge is 2.11. The van der Waals surface area contributed by atoms with Crippen LogP contribution in [0.5, 0.6) is 0 Å². The van der Waals surface area contributed by atoms with Crippen LogP contribution in [0.15, 0.2) is 18.2 Å². The lowest BCUT2D eigenvalue weighted by Crippen LogP contribution is -2.08. The molecule has 0 fully saturated rings. The smallest absolute Gasteiger partial charge is 0.311 e. The first-order valence-corrected chi connectivity index (χ1v) is 5.96. The molecule has 0 spiro atoms. The van der Waals surface area contributed by atoms with Crippen LogP contribution in [-0.2, 0) is 11.2 Å². The van der Waals surface area contributed by atoms with Gasteiger partial charge >= 0.3 is 5.97 Å². The number of carboxylic acids is 1. The average molecular weight is 257 g/mol. The summed E-state index contributed by atoms with van der Waals surface area (Å²) < 4.78 is 0. The first-order valence-electron chi connectivity index (χ1n) is 5.96. The fourth-order valence-electron chi connectivity index (χ4n) is 1.85. The highest BCUT2D eigenvalue weighted by molar-refractivity contribution is 5.69. The van der Waals surface area contributed by atoms with Gasteiger partial charge in [-0.25, -0.2) is 15.0 Å². The summed E-state index contributed by atoms with van der Waals surface area (Å²) >= 11 is 0. The molecule has 0 aliphatic carbocycles.